The van der Waals surface area contributed by atoms with Gasteiger partial charge in [-0.15, -0.1) is 0 Å². The molecule has 0 atom stereocenters. The Balaban J connectivity index is 1.38. The van der Waals surface area contributed by atoms with E-state index in [1.807, 2.05) is 18.2 Å². The average Bonchev–Trinajstić information content (AvgIpc) is 3.09. The molecule has 0 saturated carbocycles. The van der Waals surface area contributed by atoms with Crippen LogP contribution in [0.5, 0.6) is 5.75 Å². The van der Waals surface area contributed by atoms with Crippen LogP contribution in [0.1, 0.15) is 46.7 Å². The number of fused-ring (bicyclic) bond motifs is 1. The van der Waals surface area contributed by atoms with Crippen molar-refractivity contribution in [3.8, 4) is 5.75 Å². The Hall–Kier alpha value is -3.29. The number of hydrogen-bond acceptors (Lipinski definition) is 6. The maximum atomic E-state index is 12.0. The Morgan fingerprint density at radius 3 is 2.86 bits per heavy atom. The van der Waals surface area contributed by atoms with Crippen molar-refractivity contribution in [2.24, 2.45) is 0 Å². The Labute approximate surface area is 168 Å². The molecule has 1 aliphatic rings. The van der Waals surface area contributed by atoms with Gasteiger partial charge < -0.3 is 24.5 Å². The molecule has 0 fully saturated rings. The van der Waals surface area contributed by atoms with Crippen LogP contribution in [0.25, 0.3) is 0 Å². The molecule has 2 N–H and O–H groups in total. The van der Waals surface area contributed by atoms with Crippen LogP contribution in [-0.2, 0) is 27.3 Å². The maximum absolute atomic E-state index is 12.0. The van der Waals surface area contributed by atoms with Crippen molar-refractivity contribution in [3.05, 3.63) is 46.9 Å². The zero-order valence-corrected chi connectivity index (χ0v) is 16.5. The van der Waals surface area contributed by atoms with Gasteiger partial charge in [-0.25, -0.2) is 4.79 Å². The number of rotatable bonds is 8. The zero-order valence-electron chi connectivity index (χ0n) is 16.5. The summed E-state index contributed by atoms with van der Waals surface area (Å²) in [6.45, 7) is 2.28. The molecular weight excluding hydrogens is 376 g/mol. The van der Waals surface area contributed by atoms with Crippen LogP contribution < -0.4 is 15.4 Å². The Kier molecular flexibility index (Phi) is 6.54. The second-order valence-corrected chi connectivity index (χ2v) is 6.77. The van der Waals surface area contributed by atoms with Gasteiger partial charge in [0, 0.05) is 18.5 Å². The van der Waals surface area contributed by atoms with Crippen molar-refractivity contribution in [1.29, 1.82) is 0 Å². The van der Waals surface area contributed by atoms with Gasteiger partial charge in [-0.05, 0) is 49.6 Å². The molecule has 154 valence electrons. The molecule has 0 saturated heterocycles. The van der Waals surface area contributed by atoms with Crippen LogP contribution in [0.15, 0.2) is 28.7 Å². The second kappa shape index (κ2) is 9.27. The summed E-state index contributed by atoms with van der Waals surface area (Å²) < 4.78 is 15.8. The van der Waals surface area contributed by atoms with Crippen LogP contribution in [0, 0.1) is 6.92 Å². The predicted octanol–water partition coefficient (Wildman–Crippen LogP) is 2.73. The molecule has 3 rings (SSSR count). The van der Waals surface area contributed by atoms with E-state index in [4.69, 9.17) is 9.15 Å². The molecule has 0 aliphatic carbocycles. The highest BCUT2D eigenvalue weighted by molar-refractivity contribution is 5.94. The lowest BCUT2D eigenvalue weighted by Crippen LogP contribution is -2.22. The topological polar surface area (TPSA) is 107 Å². The van der Waals surface area contributed by atoms with Crippen LogP contribution in [0.2, 0.25) is 0 Å². The number of benzene rings is 1. The fraction of sp³-hybridized carbons (Fsp3) is 0.381. The molecule has 2 heterocycles. The number of carbonyl (C=O) groups is 3. The highest BCUT2D eigenvalue weighted by atomic mass is 16.5. The summed E-state index contributed by atoms with van der Waals surface area (Å²) >= 11 is 0. The summed E-state index contributed by atoms with van der Waals surface area (Å²) in [5.74, 6) is 1.11. The van der Waals surface area contributed by atoms with Crippen molar-refractivity contribution in [1.82, 2.24) is 5.32 Å². The first-order valence-electron chi connectivity index (χ1n) is 9.46. The first kappa shape index (κ1) is 20.4. The van der Waals surface area contributed by atoms with E-state index in [0.29, 0.717) is 49.4 Å². The number of hydrogen-bond donors (Lipinski definition) is 2. The van der Waals surface area contributed by atoms with Crippen LogP contribution in [0.3, 0.4) is 0 Å². The number of ether oxygens (including phenoxy) is 2. The monoisotopic (exact) mass is 400 g/mol. The van der Waals surface area contributed by atoms with Gasteiger partial charge in [0.05, 0.1) is 20.3 Å². The number of aryl methyl sites for hydroxylation is 2. The Morgan fingerprint density at radius 2 is 2.07 bits per heavy atom. The predicted molar refractivity (Wildman–Crippen MR) is 105 cm³/mol. The lowest BCUT2D eigenvalue weighted by molar-refractivity contribution is -0.121. The van der Waals surface area contributed by atoms with Gasteiger partial charge in [0.1, 0.15) is 22.8 Å². The van der Waals surface area contributed by atoms with Gasteiger partial charge >= 0.3 is 5.97 Å². The first-order valence-corrected chi connectivity index (χ1v) is 9.46. The van der Waals surface area contributed by atoms with E-state index >= 15 is 0 Å². The molecule has 2 amide bonds. The molecule has 2 aromatic rings. The van der Waals surface area contributed by atoms with Crippen molar-refractivity contribution >= 4 is 23.5 Å². The summed E-state index contributed by atoms with van der Waals surface area (Å²) in [6, 6.07) is 7.14. The van der Waals surface area contributed by atoms with Crippen molar-refractivity contribution in [2.75, 3.05) is 19.0 Å². The summed E-state index contributed by atoms with van der Waals surface area (Å²) in [5, 5.41) is 5.59. The number of amides is 2. The molecule has 0 bridgehead atoms. The molecule has 8 nitrogen and oxygen atoms in total. The van der Waals surface area contributed by atoms with Gasteiger partial charge in [-0.1, -0.05) is 0 Å². The van der Waals surface area contributed by atoms with Crippen molar-refractivity contribution in [2.45, 2.75) is 39.2 Å². The van der Waals surface area contributed by atoms with Gasteiger partial charge in [0.15, 0.2) is 0 Å². The SMILES string of the molecule is COC(=O)c1cc(CNC(=O)CCCOc2ccc3c(c2)CCC(=O)N3)oc1C. The number of esters is 1. The van der Waals surface area contributed by atoms with Crippen LogP contribution in [0.4, 0.5) is 5.69 Å². The van der Waals surface area contributed by atoms with Gasteiger partial charge in [-0.2, -0.15) is 0 Å². The third-order valence-electron chi connectivity index (χ3n) is 4.62. The minimum absolute atomic E-state index is 0.0309. The quantitative estimate of drug-likeness (QED) is 0.521. The van der Waals surface area contributed by atoms with Crippen LogP contribution >= 0.6 is 0 Å². The molecule has 8 heteroatoms. The maximum Gasteiger partial charge on any atom is 0.341 e. The summed E-state index contributed by atoms with van der Waals surface area (Å²) in [4.78, 5) is 34.9. The number of carbonyl (C=O) groups excluding carboxylic acids is 3. The van der Waals surface area contributed by atoms with E-state index in [1.54, 1.807) is 13.0 Å². The molecule has 1 aromatic heterocycles. The number of methoxy groups -OCH3 is 1. The highest BCUT2D eigenvalue weighted by Crippen LogP contribution is 2.26. The fourth-order valence-corrected chi connectivity index (χ4v) is 3.09. The molecular formula is C21H24N2O6. The standard InChI is InChI=1S/C21H24N2O6/c1-13-17(21(26)27-2)11-16(29-13)12-22-19(24)4-3-9-28-15-6-7-18-14(10-15)5-8-20(25)23-18/h6-7,10-11H,3-5,8-9,12H2,1-2H3,(H,22,24)(H,23,25). The van der Waals surface area contributed by atoms with E-state index in [2.05, 4.69) is 15.4 Å². The number of nitrogens with one attached hydrogen (secondary N) is 2. The van der Waals surface area contributed by atoms with Crippen LogP contribution in [-0.4, -0.2) is 31.5 Å². The molecule has 0 unspecified atom stereocenters. The third kappa shape index (κ3) is 5.37. The van der Waals surface area contributed by atoms with Gasteiger partial charge in [-0.3, -0.25) is 9.59 Å². The fourth-order valence-electron chi connectivity index (χ4n) is 3.09. The normalized spacial score (nSPS) is 12.7. The van der Waals surface area contributed by atoms with E-state index in [1.165, 1.54) is 7.11 Å². The smallest absolute Gasteiger partial charge is 0.341 e. The molecule has 1 aliphatic heterocycles. The van der Waals surface area contributed by atoms with Gasteiger partial charge in [0.2, 0.25) is 11.8 Å². The van der Waals surface area contributed by atoms with E-state index in [-0.39, 0.29) is 18.4 Å². The average molecular weight is 400 g/mol. The number of furan rings is 1. The lowest BCUT2D eigenvalue weighted by atomic mass is 10.0. The third-order valence-corrected chi connectivity index (χ3v) is 4.62. The minimum Gasteiger partial charge on any atom is -0.494 e. The van der Waals surface area contributed by atoms with E-state index < -0.39 is 5.97 Å². The van der Waals surface area contributed by atoms with E-state index in [9.17, 15) is 14.4 Å². The summed E-state index contributed by atoms with van der Waals surface area (Å²) in [6.07, 6.45) is 2.05. The summed E-state index contributed by atoms with van der Waals surface area (Å²) in [5.41, 5.74) is 2.24. The Bertz CT molecular complexity index is 918. The molecule has 0 spiro atoms. The largest absolute Gasteiger partial charge is 0.494 e. The van der Waals surface area contributed by atoms with E-state index in [0.717, 1.165) is 17.0 Å². The lowest BCUT2D eigenvalue weighted by Gasteiger charge is -2.17. The zero-order chi connectivity index (χ0) is 20.8. The van der Waals surface area contributed by atoms with Crippen molar-refractivity contribution in [3.63, 3.8) is 0 Å². The first-order chi connectivity index (χ1) is 14.0. The minimum atomic E-state index is -0.467. The Morgan fingerprint density at radius 1 is 1.24 bits per heavy atom. The van der Waals surface area contributed by atoms with Crippen molar-refractivity contribution < 1.29 is 28.3 Å². The molecule has 0 radical (unpaired) electrons. The molecule has 29 heavy (non-hydrogen) atoms. The molecule has 1 aromatic carbocycles. The number of anilines is 1. The van der Waals surface area contributed by atoms with Gasteiger partial charge in [0.25, 0.3) is 0 Å². The summed E-state index contributed by atoms with van der Waals surface area (Å²) in [7, 11) is 1.31. The highest BCUT2D eigenvalue weighted by Gasteiger charge is 2.16. The second-order valence-electron chi connectivity index (χ2n) is 6.77.